The monoisotopic (exact) mass is 243 g/mol. The molecule has 1 aliphatic rings. The maximum atomic E-state index is 11.6. The molecule has 0 aromatic heterocycles. The van der Waals surface area contributed by atoms with Crippen molar-refractivity contribution in [2.45, 2.75) is 52.2 Å². The van der Waals surface area contributed by atoms with E-state index in [1.807, 2.05) is 0 Å². The van der Waals surface area contributed by atoms with Gasteiger partial charge in [-0.3, -0.25) is 4.79 Å². The van der Waals surface area contributed by atoms with Crippen LogP contribution in [0.2, 0.25) is 0 Å². The highest BCUT2D eigenvalue weighted by Gasteiger charge is 2.34. The molecule has 1 aliphatic carbocycles. The Morgan fingerprint density at radius 2 is 2.12 bits per heavy atom. The van der Waals surface area contributed by atoms with Gasteiger partial charge in [0.15, 0.2) is 0 Å². The average Bonchev–Trinajstić information content (AvgIpc) is 2.27. The second-order valence-electron chi connectivity index (χ2n) is 5.59. The van der Waals surface area contributed by atoms with Gasteiger partial charge in [-0.25, -0.2) is 0 Å². The van der Waals surface area contributed by atoms with Crippen LogP contribution in [0.25, 0.3) is 0 Å². The minimum Gasteiger partial charge on any atom is -0.461 e. The fourth-order valence-electron chi connectivity index (χ4n) is 2.56. The van der Waals surface area contributed by atoms with Gasteiger partial charge < -0.3 is 15.6 Å². The van der Waals surface area contributed by atoms with Gasteiger partial charge in [-0.05, 0) is 30.6 Å². The summed E-state index contributed by atoms with van der Waals surface area (Å²) in [5.74, 6) is 1.04. The number of rotatable bonds is 4. The predicted molar refractivity (Wildman–Crippen MR) is 66.3 cm³/mol. The second-order valence-corrected chi connectivity index (χ2v) is 5.59. The first kappa shape index (κ1) is 14.5. The first-order valence-corrected chi connectivity index (χ1v) is 6.52. The van der Waals surface area contributed by atoms with Gasteiger partial charge in [0, 0.05) is 0 Å². The van der Waals surface area contributed by atoms with Crippen LogP contribution >= 0.6 is 0 Å². The van der Waals surface area contributed by atoms with Crippen molar-refractivity contribution in [2.24, 2.45) is 23.5 Å². The zero-order chi connectivity index (χ0) is 13.0. The third-order valence-corrected chi connectivity index (χ3v) is 3.73. The quantitative estimate of drug-likeness (QED) is 0.730. The Morgan fingerprint density at radius 1 is 1.47 bits per heavy atom. The number of aliphatic hydroxyl groups excluding tert-OH is 1. The summed E-state index contributed by atoms with van der Waals surface area (Å²) in [6.45, 7) is 6.15. The largest absolute Gasteiger partial charge is 0.461 e. The molecular formula is C13H25NO3. The predicted octanol–water partition coefficient (Wildman–Crippen LogP) is 1.31. The van der Waals surface area contributed by atoms with Crippen LogP contribution in [0.3, 0.4) is 0 Å². The fourth-order valence-corrected chi connectivity index (χ4v) is 2.56. The fraction of sp³-hybridized carbons (Fsp3) is 0.923. The molecule has 0 aromatic rings. The first-order chi connectivity index (χ1) is 7.95. The van der Waals surface area contributed by atoms with Gasteiger partial charge in [0.05, 0.1) is 6.61 Å². The Morgan fingerprint density at radius 3 is 2.65 bits per heavy atom. The summed E-state index contributed by atoms with van der Waals surface area (Å²) >= 11 is 0. The molecule has 4 unspecified atom stereocenters. The summed E-state index contributed by atoms with van der Waals surface area (Å²) in [6.07, 6.45) is 3.17. The molecule has 4 heteroatoms. The molecule has 1 rings (SSSR count). The molecule has 0 saturated heterocycles. The van der Waals surface area contributed by atoms with E-state index in [0.717, 1.165) is 12.8 Å². The van der Waals surface area contributed by atoms with Crippen LogP contribution in [0.4, 0.5) is 0 Å². The van der Waals surface area contributed by atoms with Crippen LogP contribution in [0.15, 0.2) is 0 Å². The molecule has 3 N–H and O–H groups in total. The molecule has 0 aromatic carbocycles. The maximum absolute atomic E-state index is 11.6. The van der Waals surface area contributed by atoms with E-state index in [4.69, 9.17) is 15.6 Å². The molecule has 1 fully saturated rings. The van der Waals surface area contributed by atoms with Crippen molar-refractivity contribution in [3.05, 3.63) is 0 Å². The zero-order valence-electron chi connectivity index (χ0n) is 11.1. The molecule has 17 heavy (non-hydrogen) atoms. The van der Waals surface area contributed by atoms with Crippen LogP contribution in [0, 0.1) is 17.8 Å². The number of aliphatic hydroxyl groups is 1. The van der Waals surface area contributed by atoms with Crippen molar-refractivity contribution in [2.75, 3.05) is 6.61 Å². The summed E-state index contributed by atoms with van der Waals surface area (Å²) in [5, 5.41) is 8.84. The van der Waals surface area contributed by atoms with Gasteiger partial charge in [-0.1, -0.05) is 27.2 Å². The minimum absolute atomic E-state index is 0.0381. The molecule has 0 spiro atoms. The lowest BCUT2D eigenvalue weighted by Gasteiger charge is -2.37. The lowest BCUT2D eigenvalue weighted by molar-refractivity contribution is -0.158. The number of carbonyl (C=O) groups is 1. The Kier molecular flexibility index (Phi) is 5.40. The van der Waals surface area contributed by atoms with Crippen LogP contribution in [-0.4, -0.2) is 29.8 Å². The Hall–Kier alpha value is -0.610. The van der Waals surface area contributed by atoms with E-state index in [0.29, 0.717) is 17.8 Å². The Balaban J connectivity index is 2.60. The van der Waals surface area contributed by atoms with Gasteiger partial charge in [0.25, 0.3) is 0 Å². The highest BCUT2D eigenvalue weighted by Crippen LogP contribution is 2.35. The van der Waals surface area contributed by atoms with Gasteiger partial charge in [-0.15, -0.1) is 0 Å². The summed E-state index contributed by atoms with van der Waals surface area (Å²) in [4.78, 5) is 11.6. The van der Waals surface area contributed by atoms with E-state index in [-0.39, 0.29) is 12.7 Å². The zero-order valence-corrected chi connectivity index (χ0v) is 11.1. The maximum Gasteiger partial charge on any atom is 0.325 e. The molecule has 0 radical (unpaired) electrons. The van der Waals surface area contributed by atoms with Gasteiger partial charge in [0.2, 0.25) is 0 Å². The topological polar surface area (TPSA) is 72.5 Å². The van der Waals surface area contributed by atoms with Crippen LogP contribution in [0.1, 0.15) is 40.0 Å². The van der Waals surface area contributed by atoms with Crippen molar-refractivity contribution in [1.29, 1.82) is 0 Å². The van der Waals surface area contributed by atoms with Crippen molar-refractivity contribution in [1.82, 2.24) is 0 Å². The van der Waals surface area contributed by atoms with E-state index >= 15 is 0 Å². The van der Waals surface area contributed by atoms with Gasteiger partial charge in [0.1, 0.15) is 12.1 Å². The third kappa shape index (κ3) is 3.96. The summed E-state index contributed by atoms with van der Waals surface area (Å²) in [5.41, 5.74) is 5.47. The number of ether oxygens (including phenoxy) is 1. The third-order valence-electron chi connectivity index (χ3n) is 3.73. The Labute approximate surface area is 104 Å². The van der Waals surface area contributed by atoms with E-state index in [1.165, 1.54) is 6.42 Å². The smallest absolute Gasteiger partial charge is 0.325 e. The lowest BCUT2D eigenvalue weighted by atomic mass is 9.75. The molecule has 0 aliphatic heterocycles. The number of hydrogen-bond donors (Lipinski definition) is 2. The average molecular weight is 243 g/mol. The summed E-state index contributed by atoms with van der Waals surface area (Å²) < 4.78 is 5.46. The second kappa shape index (κ2) is 6.36. The highest BCUT2D eigenvalue weighted by atomic mass is 16.5. The first-order valence-electron chi connectivity index (χ1n) is 6.52. The SMILES string of the molecule is CC1CCC(C(C)C)C(OC(=O)C(N)CO)C1. The van der Waals surface area contributed by atoms with Crippen LogP contribution < -0.4 is 5.73 Å². The molecule has 0 bridgehead atoms. The summed E-state index contributed by atoms with van der Waals surface area (Å²) in [6, 6.07) is -0.903. The van der Waals surface area contributed by atoms with E-state index in [2.05, 4.69) is 20.8 Å². The minimum atomic E-state index is -0.903. The number of carbonyl (C=O) groups excluding carboxylic acids is 1. The molecule has 0 amide bonds. The van der Waals surface area contributed by atoms with Gasteiger partial charge in [-0.2, -0.15) is 0 Å². The molecule has 4 atom stereocenters. The van der Waals surface area contributed by atoms with E-state index in [9.17, 15) is 4.79 Å². The van der Waals surface area contributed by atoms with E-state index < -0.39 is 12.0 Å². The van der Waals surface area contributed by atoms with E-state index in [1.54, 1.807) is 0 Å². The normalized spacial score (nSPS) is 31.3. The number of hydrogen-bond acceptors (Lipinski definition) is 4. The van der Waals surface area contributed by atoms with Crippen LogP contribution in [0.5, 0.6) is 0 Å². The molecular weight excluding hydrogens is 218 g/mol. The van der Waals surface area contributed by atoms with Crippen molar-refractivity contribution < 1.29 is 14.6 Å². The molecule has 1 saturated carbocycles. The van der Waals surface area contributed by atoms with Gasteiger partial charge >= 0.3 is 5.97 Å². The molecule has 4 nitrogen and oxygen atoms in total. The van der Waals surface area contributed by atoms with Crippen molar-refractivity contribution >= 4 is 5.97 Å². The highest BCUT2D eigenvalue weighted by molar-refractivity contribution is 5.75. The standard InChI is InChI=1S/C13H25NO3/c1-8(2)10-5-4-9(3)6-12(10)17-13(16)11(14)7-15/h8-12,15H,4-7,14H2,1-3H3. The molecule has 100 valence electrons. The van der Waals surface area contributed by atoms with Crippen molar-refractivity contribution in [3.63, 3.8) is 0 Å². The van der Waals surface area contributed by atoms with Crippen molar-refractivity contribution in [3.8, 4) is 0 Å². The summed E-state index contributed by atoms with van der Waals surface area (Å²) in [7, 11) is 0. The lowest BCUT2D eigenvalue weighted by Crippen LogP contribution is -2.42. The number of esters is 1. The number of nitrogens with two attached hydrogens (primary N) is 1. The molecule has 0 heterocycles. The Bertz CT molecular complexity index is 255. The van der Waals surface area contributed by atoms with Crippen LogP contribution in [-0.2, 0) is 9.53 Å².